The smallest absolute Gasteiger partial charge is 0.133 e. The molecule has 4 heteroatoms. The standard InChI is InChI=1S/C11H12F2N2/c12-4-9-3-8(1-2-14-9)5-15-11-6-10(11,13)7-11/h1-3,15H,4-7H2. The van der Waals surface area contributed by atoms with Gasteiger partial charge in [-0.2, -0.15) is 0 Å². The van der Waals surface area contributed by atoms with E-state index in [4.69, 9.17) is 0 Å². The van der Waals surface area contributed by atoms with E-state index in [9.17, 15) is 8.78 Å². The number of hydrogen-bond donors (Lipinski definition) is 1. The van der Waals surface area contributed by atoms with Crippen molar-refractivity contribution in [2.45, 2.75) is 37.3 Å². The number of fused-ring (bicyclic) bond motifs is 1. The predicted octanol–water partition coefficient (Wildman–Crippen LogP) is 1.90. The van der Waals surface area contributed by atoms with Crippen molar-refractivity contribution in [2.24, 2.45) is 0 Å². The first-order valence-corrected chi connectivity index (χ1v) is 5.11. The first-order valence-electron chi connectivity index (χ1n) is 5.11. The molecule has 1 aromatic rings. The monoisotopic (exact) mass is 210 g/mol. The van der Waals surface area contributed by atoms with Crippen LogP contribution in [0.25, 0.3) is 0 Å². The molecule has 3 rings (SSSR count). The summed E-state index contributed by atoms with van der Waals surface area (Å²) in [7, 11) is 0. The Labute approximate surface area is 86.7 Å². The summed E-state index contributed by atoms with van der Waals surface area (Å²) in [6.45, 7) is 0.0488. The SMILES string of the molecule is FCc1cc(CNC23CC2(F)C3)ccn1. The van der Waals surface area contributed by atoms with Crippen LogP contribution in [0.5, 0.6) is 0 Å². The van der Waals surface area contributed by atoms with Crippen LogP contribution < -0.4 is 5.32 Å². The Kier molecular flexibility index (Phi) is 1.69. The Morgan fingerprint density at radius 1 is 1.47 bits per heavy atom. The highest BCUT2D eigenvalue weighted by molar-refractivity contribution is 5.41. The lowest BCUT2D eigenvalue weighted by molar-refractivity contribution is 0.390. The van der Waals surface area contributed by atoms with Crippen LogP contribution in [0.2, 0.25) is 0 Å². The van der Waals surface area contributed by atoms with E-state index in [2.05, 4.69) is 10.3 Å². The second-order valence-electron chi connectivity index (χ2n) is 4.54. The Bertz CT molecular complexity index is 399. The van der Waals surface area contributed by atoms with Gasteiger partial charge in [-0.3, -0.25) is 4.98 Å². The van der Waals surface area contributed by atoms with Gasteiger partial charge in [-0.1, -0.05) is 0 Å². The minimum absolute atomic E-state index is 0.230. The molecule has 0 radical (unpaired) electrons. The zero-order valence-corrected chi connectivity index (χ0v) is 8.26. The number of nitrogens with one attached hydrogen (secondary N) is 1. The highest BCUT2D eigenvalue weighted by Gasteiger charge is 2.85. The van der Waals surface area contributed by atoms with Crippen molar-refractivity contribution < 1.29 is 8.78 Å². The molecule has 0 atom stereocenters. The number of aromatic nitrogens is 1. The second-order valence-corrected chi connectivity index (χ2v) is 4.54. The molecule has 0 bridgehead atoms. The van der Waals surface area contributed by atoms with Gasteiger partial charge in [0.1, 0.15) is 12.3 Å². The Balaban J connectivity index is 1.62. The lowest BCUT2D eigenvalue weighted by Gasteiger charge is -2.06. The summed E-state index contributed by atoms with van der Waals surface area (Å²) in [6.07, 6.45) is 2.87. The molecular weight excluding hydrogens is 198 g/mol. The fraction of sp³-hybridized carbons (Fsp3) is 0.545. The minimum atomic E-state index is -0.914. The van der Waals surface area contributed by atoms with Crippen molar-refractivity contribution >= 4 is 0 Å². The number of hydrogen-bond acceptors (Lipinski definition) is 2. The fourth-order valence-electron chi connectivity index (χ4n) is 2.08. The third-order valence-corrected chi connectivity index (χ3v) is 3.42. The van der Waals surface area contributed by atoms with E-state index in [1.165, 1.54) is 0 Å². The number of rotatable bonds is 4. The van der Waals surface area contributed by atoms with Gasteiger partial charge in [0.05, 0.1) is 11.2 Å². The molecule has 0 aromatic carbocycles. The Hall–Kier alpha value is -1.03. The molecule has 1 N–H and O–H groups in total. The van der Waals surface area contributed by atoms with Gasteiger partial charge in [0.2, 0.25) is 0 Å². The van der Waals surface area contributed by atoms with Gasteiger partial charge in [0.25, 0.3) is 0 Å². The van der Waals surface area contributed by atoms with Gasteiger partial charge >= 0.3 is 0 Å². The van der Waals surface area contributed by atoms with Gasteiger partial charge < -0.3 is 5.32 Å². The van der Waals surface area contributed by atoms with Gasteiger partial charge in [-0.25, -0.2) is 8.78 Å². The van der Waals surface area contributed by atoms with Crippen molar-refractivity contribution in [3.8, 4) is 0 Å². The highest BCUT2D eigenvalue weighted by atomic mass is 19.1. The maximum absolute atomic E-state index is 13.2. The molecule has 80 valence electrons. The van der Waals surface area contributed by atoms with Crippen molar-refractivity contribution in [3.05, 3.63) is 29.6 Å². The second kappa shape index (κ2) is 2.76. The fourth-order valence-corrected chi connectivity index (χ4v) is 2.08. The molecule has 0 unspecified atom stereocenters. The molecule has 0 spiro atoms. The average Bonchev–Trinajstić information content (AvgIpc) is 3.00. The zero-order chi connectivity index (χ0) is 10.5. The summed E-state index contributed by atoms with van der Waals surface area (Å²) >= 11 is 0. The molecule has 2 fully saturated rings. The summed E-state index contributed by atoms with van der Waals surface area (Å²) in [5, 5.41) is 3.19. The van der Waals surface area contributed by atoms with E-state index in [0.29, 0.717) is 25.1 Å². The van der Waals surface area contributed by atoms with Crippen LogP contribution in [0.15, 0.2) is 18.3 Å². The van der Waals surface area contributed by atoms with Crippen molar-refractivity contribution in [2.75, 3.05) is 0 Å². The van der Waals surface area contributed by atoms with E-state index in [1.807, 2.05) is 6.07 Å². The number of halogens is 2. The molecule has 2 aliphatic carbocycles. The highest BCUT2D eigenvalue weighted by Crippen LogP contribution is 2.73. The van der Waals surface area contributed by atoms with Crippen molar-refractivity contribution in [1.82, 2.24) is 10.3 Å². The van der Waals surface area contributed by atoms with Crippen LogP contribution in [0.4, 0.5) is 8.78 Å². The minimum Gasteiger partial charge on any atom is -0.304 e. The molecule has 2 aliphatic rings. The third kappa shape index (κ3) is 1.35. The molecule has 2 saturated carbocycles. The van der Waals surface area contributed by atoms with Gasteiger partial charge in [-0.15, -0.1) is 0 Å². The molecule has 1 aromatic heterocycles. The van der Waals surface area contributed by atoms with Crippen molar-refractivity contribution in [1.29, 1.82) is 0 Å². The topological polar surface area (TPSA) is 24.9 Å². The summed E-state index contributed by atoms with van der Waals surface area (Å²) < 4.78 is 25.6. The quantitative estimate of drug-likeness (QED) is 0.821. The van der Waals surface area contributed by atoms with Crippen molar-refractivity contribution in [3.63, 3.8) is 0 Å². The van der Waals surface area contributed by atoms with Crippen LogP contribution >= 0.6 is 0 Å². The Morgan fingerprint density at radius 3 is 2.80 bits per heavy atom. The van der Waals surface area contributed by atoms with E-state index in [0.717, 1.165) is 5.56 Å². The zero-order valence-electron chi connectivity index (χ0n) is 8.26. The number of pyridine rings is 1. The molecule has 1 heterocycles. The van der Waals surface area contributed by atoms with E-state index < -0.39 is 12.3 Å². The first-order chi connectivity index (χ1) is 7.17. The maximum Gasteiger partial charge on any atom is 0.133 e. The molecule has 0 saturated heterocycles. The first kappa shape index (κ1) is 9.21. The third-order valence-electron chi connectivity index (χ3n) is 3.42. The number of alkyl halides is 2. The number of nitrogens with zero attached hydrogens (tertiary/aromatic N) is 1. The van der Waals surface area contributed by atoms with Gasteiger partial charge in [0.15, 0.2) is 0 Å². The normalized spacial score (nSPS) is 36.1. The lowest BCUT2D eigenvalue weighted by Crippen LogP contribution is -2.22. The molecule has 0 amide bonds. The molecule has 0 aliphatic heterocycles. The van der Waals surface area contributed by atoms with E-state index in [-0.39, 0.29) is 5.54 Å². The van der Waals surface area contributed by atoms with E-state index in [1.54, 1.807) is 12.3 Å². The summed E-state index contributed by atoms with van der Waals surface area (Å²) in [5.74, 6) is 0. The van der Waals surface area contributed by atoms with Crippen LogP contribution in [0.1, 0.15) is 24.1 Å². The predicted molar refractivity (Wildman–Crippen MR) is 51.7 cm³/mol. The largest absolute Gasteiger partial charge is 0.304 e. The lowest BCUT2D eigenvalue weighted by atomic mass is 10.2. The van der Waals surface area contributed by atoms with Crippen LogP contribution in [-0.2, 0) is 13.2 Å². The van der Waals surface area contributed by atoms with Crippen LogP contribution in [-0.4, -0.2) is 16.2 Å². The van der Waals surface area contributed by atoms with E-state index >= 15 is 0 Å². The molecule has 2 nitrogen and oxygen atoms in total. The maximum atomic E-state index is 13.2. The summed E-state index contributed by atoms with van der Waals surface area (Å²) in [6, 6.07) is 3.54. The molecule has 15 heavy (non-hydrogen) atoms. The average molecular weight is 210 g/mol. The summed E-state index contributed by atoms with van der Waals surface area (Å²) in [5.41, 5.74) is 0.257. The van der Waals surface area contributed by atoms with Gasteiger partial charge in [0, 0.05) is 25.6 Å². The Morgan fingerprint density at radius 2 is 2.20 bits per heavy atom. The molecular formula is C11H12F2N2. The summed E-state index contributed by atoms with van der Waals surface area (Å²) in [4.78, 5) is 3.87. The van der Waals surface area contributed by atoms with Gasteiger partial charge in [-0.05, 0) is 17.7 Å². The van der Waals surface area contributed by atoms with Crippen LogP contribution in [0.3, 0.4) is 0 Å². The van der Waals surface area contributed by atoms with Crippen LogP contribution in [0, 0.1) is 0 Å².